The van der Waals surface area contributed by atoms with Crippen molar-refractivity contribution in [3.63, 3.8) is 0 Å². The standard InChI is InChI=1S/C13H14ClNS2/c14-12-3-1-2-4-13(12)17-9-11(15)7-10-5-6-16-8-10/h1-6,8,11H,7,9,15H2. The predicted octanol–water partition coefficient (Wildman–Crippen LogP) is 4.06. The predicted molar refractivity (Wildman–Crippen MR) is 78.2 cm³/mol. The summed E-state index contributed by atoms with van der Waals surface area (Å²) in [5, 5.41) is 5.05. The zero-order valence-electron chi connectivity index (χ0n) is 9.30. The number of thioether (sulfide) groups is 1. The number of hydrogen-bond donors (Lipinski definition) is 1. The first-order valence-electron chi connectivity index (χ1n) is 5.39. The molecular formula is C13H14ClNS2. The van der Waals surface area contributed by atoms with Crippen molar-refractivity contribution in [2.75, 3.05) is 5.75 Å². The number of thiophene rings is 1. The molecule has 0 aliphatic rings. The monoisotopic (exact) mass is 283 g/mol. The summed E-state index contributed by atoms with van der Waals surface area (Å²) in [5.41, 5.74) is 7.43. The summed E-state index contributed by atoms with van der Waals surface area (Å²) in [6.07, 6.45) is 0.932. The highest BCUT2D eigenvalue weighted by molar-refractivity contribution is 7.99. The van der Waals surface area contributed by atoms with Crippen LogP contribution in [0.25, 0.3) is 0 Å². The Balaban J connectivity index is 1.84. The van der Waals surface area contributed by atoms with Gasteiger partial charge in [0.1, 0.15) is 0 Å². The van der Waals surface area contributed by atoms with Crippen molar-refractivity contribution >= 4 is 34.7 Å². The van der Waals surface area contributed by atoms with Gasteiger partial charge in [-0.3, -0.25) is 0 Å². The van der Waals surface area contributed by atoms with Crippen LogP contribution < -0.4 is 5.73 Å². The Morgan fingerprint density at radius 3 is 2.82 bits per heavy atom. The minimum absolute atomic E-state index is 0.172. The van der Waals surface area contributed by atoms with E-state index in [1.807, 2.05) is 24.3 Å². The summed E-state index contributed by atoms with van der Waals surface area (Å²) in [6, 6.07) is 10.2. The topological polar surface area (TPSA) is 26.0 Å². The molecule has 1 aromatic carbocycles. The Morgan fingerprint density at radius 1 is 1.29 bits per heavy atom. The van der Waals surface area contributed by atoms with Gasteiger partial charge in [0.2, 0.25) is 0 Å². The SMILES string of the molecule is NC(CSc1ccccc1Cl)Cc1ccsc1. The van der Waals surface area contributed by atoms with E-state index < -0.39 is 0 Å². The molecule has 0 aliphatic carbocycles. The third-order valence-electron chi connectivity index (χ3n) is 2.37. The average molecular weight is 284 g/mol. The summed E-state index contributed by atoms with van der Waals surface area (Å²) >= 11 is 9.53. The van der Waals surface area contributed by atoms with Gasteiger partial charge in [-0.2, -0.15) is 11.3 Å². The largest absolute Gasteiger partial charge is 0.327 e. The lowest BCUT2D eigenvalue weighted by atomic mass is 10.1. The maximum atomic E-state index is 6.10. The Labute approximate surface area is 115 Å². The second kappa shape index (κ2) is 6.45. The number of nitrogens with two attached hydrogens (primary N) is 1. The van der Waals surface area contributed by atoms with Crippen molar-refractivity contribution in [1.29, 1.82) is 0 Å². The molecule has 0 spiro atoms. The lowest BCUT2D eigenvalue weighted by Gasteiger charge is -2.10. The van der Waals surface area contributed by atoms with Crippen LogP contribution in [0.2, 0.25) is 5.02 Å². The van der Waals surface area contributed by atoms with E-state index in [2.05, 4.69) is 16.8 Å². The fourth-order valence-electron chi connectivity index (χ4n) is 1.53. The summed E-state index contributed by atoms with van der Waals surface area (Å²) < 4.78 is 0. The number of benzene rings is 1. The van der Waals surface area contributed by atoms with E-state index >= 15 is 0 Å². The molecule has 0 amide bonds. The van der Waals surface area contributed by atoms with Crippen LogP contribution in [0, 0.1) is 0 Å². The van der Waals surface area contributed by atoms with E-state index in [-0.39, 0.29) is 6.04 Å². The first-order valence-corrected chi connectivity index (χ1v) is 7.70. The lowest BCUT2D eigenvalue weighted by molar-refractivity contribution is 0.750. The summed E-state index contributed by atoms with van der Waals surface area (Å²) in [6.45, 7) is 0. The van der Waals surface area contributed by atoms with Crippen LogP contribution in [-0.4, -0.2) is 11.8 Å². The van der Waals surface area contributed by atoms with Crippen LogP contribution in [0.1, 0.15) is 5.56 Å². The first kappa shape index (κ1) is 13.0. The summed E-state index contributed by atoms with van der Waals surface area (Å²) in [5.74, 6) is 0.888. The molecule has 2 rings (SSSR count). The molecule has 2 N–H and O–H groups in total. The van der Waals surface area contributed by atoms with Crippen molar-refractivity contribution in [3.05, 3.63) is 51.7 Å². The zero-order valence-corrected chi connectivity index (χ0v) is 11.7. The Kier molecular flexibility index (Phi) is 4.92. The minimum Gasteiger partial charge on any atom is -0.327 e. The molecule has 1 nitrogen and oxygen atoms in total. The van der Waals surface area contributed by atoms with E-state index in [0.29, 0.717) is 0 Å². The molecule has 90 valence electrons. The van der Waals surface area contributed by atoms with Gasteiger partial charge in [-0.1, -0.05) is 23.7 Å². The maximum Gasteiger partial charge on any atom is 0.0541 e. The van der Waals surface area contributed by atoms with Crippen molar-refractivity contribution < 1.29 is 0 Å². The van der Waals surface area contributed by atoms with Crippen molar-refractivity contribution in [2.45, 2.75) is 17.4 Å². The number of halogens is 1. The van der Waals surface area contributed by atoms with Gasteiger partial charge in [-0.05, 0) is 40.9 Å². The van der Waals surface area contributed by atoms with Crippen LogP contribution in [0.4, 0.5) is 0 Å². The second-order valence-corrected chi connectivity index (χ2v) is 6.09. The molecule has 0 saturated carbocycles. The van der Waals surface area contributed by atoms with Crippen LogP contribution in [0.15, 0.2) is 46.0 Å². The highest BCUT2D eigenvalue weighted by Crippen LogP contribution is 2.27. The number of hydrogen-bond acceptors (Lipinski definition) is 3. The van der Waals surface area contributed by atoms with Gasteiger partial charge in [0, 0.05) is 16.7 Å². The fraction of sp³-hybridized carbons (Fsp3) is 0.231. The zero-order chi connectivity index (χ0) is 12.1. The lowest BCUT2D eigenvalue weighted by Crippen LogP contribution is -2.25. The van der Waals surface area contributed by atoms with Gasteiger partial charge in [0.05, 0.1) is 5.02 Å². The van der Waals surface area contributed by atoms with E-state index in [4.69, 9.17) is 17.3 Å². The molecular weight excluding hydrogens is 270 g/mol. The van der Waals surface area contributed by atoms with Crippen molar-refractivity contribution in [3.8, 4) is 0 Å². The molecule has 1 unspecified atom stereocenters. The van der Waals surface area contributed by atoms with Crippen molar-refractivity contribution in [2.24, 2.45) is 5.73 Å². The van der Waals surface area contributed by atoms with Gasteiger partial charge in [0.25, 0.3) is 0 Å². The van der Waals surface area contributed by atoms with E-state index in [9.17, 15) is 0 Å². The quantitative estimate of drug-likeness (QED) is 0.838. The third kappa shape index (κ3) is 4.03. The maximum absolute atomic E-state index is 6.10. The normalized spacial score (nSPS) is 12.6. The van der Waals surface area contributed by atoms with Crippen LogP contribution in [0.5, 0.6) is 0 Å². The summed E-state index contributed by atoms with van der Waals surface area (Å²) in [4.78, 5) is 1.11. The molecule has 0 radical (unpaired) electrons. The fourth-order valence-corrected chi connectivity index (χ4v) is 3.40. The van der Waals surface area contributed by atoms with Gasteiger partial charge < -0.3 is 5.73 Å². The molecule has 4 heteroatoms. The molecule has 0 bridgehead atoms. The minimum atomic E-state index is 0.172. The van der Waals surface area contributed by atoms with Crippen LogP contribution >= 0.6 is 34.7 Å². The Bertz CT molecular complexity index is 456. The first-order chi connectivity index (χ1) is 8.25. The molecule has 0 aliphatic heterocycles. The van der Waals surface area contributed by atoms with E-state index in [1.165, 1.54) is 5.56 Å². The van der Waals surface area contributed by atoms with Gasteiger partial charge in [0.15, 0.2) is 0 Å². The molecule has 0 saturated heterocycles. The van der Waals surface area contributed by atoms with Crippen LogP contribution in [-0.2, 0) is 6.42 Å². The molecule has 17 heavy (non-hydrogen) atoms. The molecule has 0 fully saturated rings. The second-order valence-electron chi connectivity index (χ2n) is 3.84. The third-order valence-corrected chi connectivity index (χ3v) is 4.80. The highest BCUT2D eigenvalue weighted by Gasteiger charge is 2.07. The smallest absolute Gasteiger partial charge is 0.0541 e. The van der Waals surface area contributed by atoms with E-state index in [1.54, 1.807) is 23.1 Å². The van der Waals surface area contributed by atoms with Crippen LogP contribution in [0.3, 0.4) is 0 Å². The Hall–Kier alpha value is -0.480. The van der Waals surface area contributed by atoms with Gasteiger partial charge >= 0.3 is 0 Å². The van der Waals surface area contributed by atoms with Gasteiger partial charge in [-0.15, -0.1) is 11.8 Å². The average Bonchev–Trinajstić information content (AvgIpc) is 2.81. The highest BCUT2D eigenvalue weighted by atomic mass is 35.5. The van der Waals surface area contributed by atoms with E-state index in [0.717, 1.165) is 22.1 Å². The van der Waals surface area contributed by atoms with Gasteiger partial charge in [-0.25, -0.2) is 0 Å². The molecule has 1 heterocycles. The summed E-state index contributed by atoms with van der Waals surface area (Å²) in [7, 11) is 0. The van der Waals surface area contributed by atoms with Crippen molar-refractivity contribution in [1.82, 2.24) is 0 Å². The molecule has 1 aromatic heterocycles. The molecule has 1 atom stereocenters. The Morgan fingerprint density at radius 2 is 2.12 bits per heavy atom. The number of rotatable bonds is 5. The molecule has 2 aromatic rings.